The van der Waals surface area contributed by atoms with Gasteiger partial charge in [-0.1, -0.05) is 48.3 Å². The van der Waals surface area contributed by atoms with Crippen molar-refractivity contribution in [2.24, 2.45) is 0 Å². The molecule has 32 heavy (non-hydrogen) atoms. The van der Waals surface area contributed by atoms with Gasteiger partial charge in [-0.15, -0.1) is 0 Å². The molecule has 162 valence electrons. The molecule has 2 amide bonds. The van der Waals surface area contributed by atoms with Crippen molar-refractivity contribution >= 4 is 46.3 Å². The average molecular weight is 466 g/mol. The molecular formula is C25H21Cl2N3O2. The Morgan fingerprint density at radius 1 is 0.938 bits per heavy atom. The highest BCUT2D eigenvalue weighted by Crippen LogP contribution is 2.52. The third kappa shape index (κ3) is 3.23. The van der Waals surface area contributed by atoms with Gasteiger partial charge < -0.3 is 5.11 Å². The number of urea groups is 1. The predicted molar refractivity (Wildman–Crippen MR) is 129 cm³/mol. The van der Waals surface area contributed by atoms with Crippen LogP contribution >= 0.6 is 23.2 Å². The zero-order valence-corrected chi connectivity index (χ0v) is 19.1. The molecule has 2 atom stereocenters. The number of benzene rings is 3. The van der Waals surface area contributed by atoms with Gasteiger partial charge in [-0.25, -0.2) is 9.64 Å². The van der Waals surface area contributed by atoms with Crippen LogP contribution < -0.4 is 9.80 Å². The third-order valence-corrected chi connectivity index (χ3v) is 6.69. The lowest BCUT2D eigenvalue weighted by Gasteiger charge is -2.44. The molecule has 1 unspecified atom stereocenters. The van der Waals surface area contributed by atoms with Crippen LogP contribution in [0, 0.1) is 6.57 Å². The monoisotopic (exact) mass is 465 g/mol. The summed E-state index contributed by atoms with van der Waals surface area (Å²) in [6, 6.07) is 20.1. The predicted octanol–water partition coefficient (Wildman–Crippen LogP) is 7.00. The van der Waals surface area contributed by atoms with E-state index in [1.165, 1.54) is 4.90 Å². The van der Waals surface area contributed by atoms with Crippen LogP contribution in [-0.2, 0) is 5.72 Å². The van der Waals surface area contributed by atoms with Gasteiger partial charge >= 0.3 is 6.03 Å². The van der Waals surface area contributed by atoms with E-state index in [1.807, 2.05) is 13.8 Å². The van der Waals surface area contributed by atoms with E-state index in [9.17, 15) is 9.90 Å². The highest BCUT2D eigenvalue weighted by Gasteiger charge is 2.65. The number of hydrogen-bond acceptors (Lipinski definition) is 2. The molecule has 0 bridgehead atoms. The lowest BCUT2D eigenvalue weighted by molar-refractivity contribution is -0.0117. The molecule has 3 aromatic rings. The molecule has 4 rings (SSSR count). The second-order valence-corrected chi connectivity index (χ2v) is 8.74. The van der Waals surface area contributed by atoms with Gasteiger partial charge in [-0.3, -0.25) is 9.80 Å². The van der Waals surface area contributed by atoms with Gasteiger partial charge in [0, 0.05) is 21.4 Å². The standard InChI is InChI=1S/C25H21Cl2N3O2/c1-4-24(2)25(32,17-6-5-7-20(16-17)28-3)30(22-14-10-19(27)11-15-22)23(31)29(24)21-12-8-18(26)9-13-21/h5-16,32H,4H2,1-2H3/t24-,25?/m0/s1. The van der Waals surface area contributed by atoms with Crippen LogP contribution in [0.15, 0.2) is 72.8 Å². The Labute approximate surface area is 197 Å². The van der Waals surface area contributed by atoms with E-state index in [-0.39, 0.29) is 0 Å². The Balaban J connectivity index is 2.01. The molecule has 0 radical (unpaired) electrons. The molecule has 1 aliphatic rings. The van der Waals surface area contributed by atoms with Crippen molar-refractivity contribution in [2.75, 3.05) is 9.80 Å². The maximum absolute atomic E-state index is 14.0. The molecule has 1 N–H and O–H groups in total. The van der Waals surface area contributed by atoms with Crippen molar-refractivity contribution in [3.05, 3.63) is 99.8 Å². The molecule has 0 aliphatic carbocycles. The molecule has 1 fully saturated rings. The van der Waals surface area contributed by atoms with Crippen molar-refractivity contribution < 1.29 is 9.90 Å². The lowest BCUT2D eigenvalue weighted by Crippen LogP contribution is -2.57. The summed E-state index contributed by atoms with van der Waals surface area (Å²) in [7, 11) is 0. The Morgan fingerprint density at radius 2 is 1.47 bits per heavy atom. The summed E-state index contributed by atoms with van der Waals surface area (Å²) in [5.41, 5.74) is -0.908. The van der Waals surface area contributed by atoms with Crippen LogP contribution in [0.25, 0.3) is 4.85 Å². The first-order valence-corrected chi connectivity index (χ1v) is 10.9. The highest BCUT2D eigenvalue weighted by atomic mass is 35.5. The van der Waals surface area contributed by atoms with Gasteiger partial charge in [-0.05, 0) is 73.5 Å². The molecular weight excluding hydrogens is 445 g/mol. The van der Waals surface area contributed by atoms with Crippen LogP contribution in [-0.4, -0.2) is 16.7 Å². The SMILES string of the molecule is [C-]#[N+]c1cccc(C2(O)N(c3ccc(Cl)cc3)C(=O)N(c3ccc(Cl)cc3)[C@@]2(C)CC)c1. The number of rotatable bonds is 4. The summed E-state index contributed by atoms with van der Waals surface area (Å²) in [5.74, 6) is 0. The first-order chi connectivity index (χ1) is 15.3. The van der Waals surface area contributed by atoms with Crippen LogP contribution in [0.3, 0.4) is 0 Å². The Hall–Kier alpha value is -3.04. The fourth-order valence-corrected chi connectivity index (χ4v) is 4.61. The minimum Gasteiger partial charge on any atom is -0.365 e. The van der Waals surface area contributed by atoms with Gasteiger partial charge in [0.25, 0.3) is 0 Å². The maximum atomic E-state index is 14.0. The van der Waals surface area contributed by atoms with E-state index in [0.717, 1.165) is 0 Å². The zero-order valence-electron chi connectivity index (χ0n) is 17.6. The normalized spacial score (nSPS) is 22.8. The number of aliphatic hydroxyl groups is 1. The minimum atomic E-state index is -1.77. The number of carbonyl (C=O) groups is 1. The van der Waals surface area contributed by atoms with Gasteiger partial charge in [-0.2, -0.15) is 0 Å². The second-order valence-electron chi connectivity index (χ2n) is 7.87. The largest absolute Gasteiger partial charge is 0.365 e. The third-order valence-electron chi connectivity index (χ3n) is 6.19. The first-order valence-electron chi connectivity index (χ1n) is 10.1. The minimum absolute atomic E-state index is 0.378. The molecule has 1 heterocycles. The van der Waals surface area contributed by atoms with Gasteiger partial charge in [0.05, 0.1) is 12.1 Å². The topological polar surface area (TPSA) is 48.1 Å². The summed E-state index contributed by atoms with van der Waals surface area (Å²) in [5, 5.41) is 13.5. The molecule has 0 aromatic heterocycles. The summed E-state index contributed by atoms with van der Waals surface area (Å²) < 4.78 is 0. The van der Waals surface area contributed by atoms with E-state index >= 15 is 0 Å². The number of halogens is 2. The fraction of sp³-hybridized carbons (Fsp3) is 0.200. The number of nitrogens with zero attached hydrogens (tertiary/aromatic N) is 3. The Kier molecular flexibility index (Phi) is 5.64. The smallest absolute Gasteiger partial charge is 0.332 e. The Bertz CT molecular complexity index is 1210. The van der Waals surface area contributed by atoms with E-state index in [4.69, 9.17) is 29.8 Å². The van der Waals surface area contributed by atoms with Gasteiger partial charge in [0.15, 0.2) is 11.4 Å². The van der Waals surface area contributed by atoms with Crippen LogP contribution in [0.5, 0.6) is 0 Å². The number of hydrogen-bond donors (Lipinski definition) is 1. The molecule has 3 aromatic carbocycles. The van der Waals surface area contributed by atoms with Crippen LogP contribution in [0.2, 0.25) is 10.0 Å². The summed E-state index contributed by atoms with van der Waals surface area (Å²) in [6.07, 6.45) is 0.435. The molecule has 0 saturated carbocycles. The zero-order chi connectivity index (χ0) is 23.1. The van der Waals surface area contributed by atoms with Gasteiger partial charge in [0.2, 0.25) is 0 Å². The summed E-state index contributed by atoms with van der Waals surface area (Å²) in [6.45, 7) is 11.2. The van der Waals surface area contributed by atoms with E-state index in [2.05, 4.69) is 4.85 Å². The molecule has 1 saturated heterocycles. The van der Waals surface area contributed by atoms with Crippen LogP contribution in [0.1, 0.15) is 25.8 Å². The maximum Gasteiger partial charge on any atom is 0.332 e. The van der Waals surface area contributed by atoms with Crippen molar-refractivity contribution in [3.8, 4) is 0 Å². The molecule has 7 heteroatoms. The van der Waals surface area contributed by atoms with E-state index in [1.54, 1.807) is 77.7 Å². The van der Waals surface area contributed by atoms with Crippen LogP contribution in [0.4, 0.5) is 21.9 Å². The fourth-order valence-electron chi connectivity index (χ4n) is 4.36. The van der Waals surface area contributed by atoms with Crippen molar-refractivity contribution in [1.82, 2.24) is 0 Å². The highest BCUT2D eigenvalue weighted by molar-refractivity contribution is 6.31. The van der Waals surface area contributed by atoms with E-state index in [0.29, 0.717) is 39.1 Å². The summed E-state index contributed by atoms with van der Waals surface area (Å²) in [4.78, 5) is 20.5. The number of anilines is 2. The number of amides is 2. The molecule has 5 nitrogen and oxygen atoms in total. The quantitative estimate of drug-likeness (QED) is 0.421. The first kappa shape index (κ1) is 22.2. The molecule has 0 spiro atoms. The van der Waals surface area contributed by atoms with E-state index < -0.39 is 17.3 Å². The van der Waals surface area contributed by atoms with Crippen molar-refractivity contribution in [2.45, 2.75) is 31.5 Å². The lowest BCUT2D eigenvalue weighted by atomic mass is 9.79. The Morgan fingerprint density at radius 3 is 1.97 bits per heavy atom. The van der Waals surface area contributed by atoms with Crippen molar-refractivity contribution in [1.29, 1.82) is 0 Å². The number of carbonyl (C=O) groups excluding carboxylic acids is 1. The average Bonchev–Trinajstić information content (AvgIpc) is 2.99. The van der Waals surface area contributed by atoms with Crippen molar-refractivity contribution in [3.63, 3.8) is 0 Å². The summed E-state index contributed by atoms with van der Waals surface area (Å²) >= 11 is 12.2. The van der Waals surface area contributed by atoms with Gasteiger partial charge in [0.1, 0.15) is 0 Å². The molecule has 1 aliphatic heterocycles. The second kappa shape index (κ2) is 8.14.